The maximum atomic E-state index is 2.65. The summed E-state index contributed by atoms with van der Waals surface area (Å²) < 4.78 is 7.65. The van der Waals surface area contributed by atoms with Crippen LogP contribution in [0.25, 0.3) is 105 Å². The van der Waals surface area contributed by atoms with Crippen molar-refractivity contribution in [3.05, 3.63) is 300 Å². The van der Waals surface area contributed by atoms with E-state index in [0.717, 1.165) is 64.0 Å². The summed E-state index contributed by atoms with van der Waals surface area (Å²) in [5.74, 6) is 0. The monoisotopic (exact) mass is 1460 g/mol. The van der Waals surface area contributed by atoms with Crippen molar-refractivity contribution in [2.45, 2.75) is 181 Å². The molecule has 0 saturated heterocycles. The summed E-state index contributed by atoms with van der Waals surface area (Å²) in [6, 6.07) is 103. The van der Waals surface area contributed by atoms with Gasteiger partial charge >= 0.3 is 0 Å². The number of rotatable bonds is 7. The van der Waals surface area contributed by atoms with E-state index in [1.54, 1.807) is 0 Å². The van der Waals surface area contributed by atoms with E-state index in [9.17, 15) is 0 Å². The Morgan fingerprint density at radius 3 is 0.893 bits per heavy atom. The Kier molecular flexibility index (Phi) is 15.2. The summed E-state index contributed by atoms with van der Waals surface area (Å²) in [4.78, 5) is 5.31. The maximum absolute atomic E-state index is 2.65. The maximum Gasteiger partial charge on any atom is 0.252 e. The minimum absolute atomic E-state index is 0.0285. The van der Waals surface area contributed by atoms with E-state index < -0.39 is 0 Å². The molecule has 16 aromatic rings. The zero-order valence-corrected chi connectivity index (χ0v) is 68.5. The van der Waals surface area contributed by atoms with Crippen molar-refractivity contribution in [2.75, 3.05) is 9.80 Å². The van der Waals surface area contributed by atoms with Crippen LogP contribution in [-0.4, -0.2) is 20.4 Å². The molecule has 0 spiro atoms. The molecule has 0 unspecified atom stereocenters. The molecule has 0 saturated carbocycles. The first-order valence-corrected chi connectivity index (χ1v) is 41.1. The molecule has 5 heterocycles. The molecule has 0 atom stereocenters. The summed E-state index contributed by atoms with van der Waals surface area (Å²) >= 11 is 0. The number of hydrogen-bond acceptors (Lipinski definition) is 2. The van der Waals surface area contributed by atoms with Gasteiger partial charge in [0.15, 0.2) is 0 Å². The molecule has 0 amide bonds. The Morgan fingerprint density at radius 1 is 0.250 bits per heavy atom. The van der Waals surface area contributed by atoms with Crippen LogP contribution in [0, 0.1) is 0 Å². The fourth-order valence-electron chi connectivity index (χ4n) is 20.2. The van der Waals surface area contributed by atoms with Gasteiger partial charge in [-0.2, -0.15) is 0 Å². The van der Waals surface area contributed by atoms with Crippen molar-refractivity contribution < 1.29 is 0 Å². The van der Waals surface area contributed by atoms with Crippen LogP contribution in [0.15, 0.2) is 261 Å². The molecule has 0 radical (unpaired) electrons. The molecular weight excluding hydrogens is 1350 g/mol. The highest BCUT2D eigenvalue weighted by Crippen LogP contribution is 2.53. The summed E-state index contributed by atoms with van der Waals surface area (Å²) in [6.07, 6.45) is 4.69. The predicted octanol–water partition coefficient (Wildman–Crippen LogP) is 27.0. The number of para-hydroxylation sites is 3. The summed E-state index contributed by atoms with van der Waals surface area (Å²) in [5, 5.41) is 7.52. The smallest absolute Gasteiger partial charge is 0.252 e. The first kappa shape index (κ1) is 70.1. The van der Waals surface area contributed by atoms with E-state index in [1.165, 1.54) is 156 Å². The molecule has 112 heavy (non-hydrogen) atoms. The van der Waals surface area contributed by atoms with E-state index in [-0.39, 0.29) is 44.6 Å². The van der Waals surface area contributed by atoms with Crippen LogP contribution in [0.5, 0.6) is 0 Å². The molecular formula is C106H102BN5. The van der Waals surface area contributed by atoms with Crippen LogP contribution < -0.4 is 26.2 Å². The Balaban J connectivity index is 0.884. The minimum atomic E-state index is -0.197. The SMILES string of the molecule is CC(C)(C)c1ccc2c(c1)c1ccccc1n2-c1ccc2c(c1)N(c1ccc(-c3ccc4c(c3)C(C)(C)CCC4(C)C)cc1)c1cc(-n3c4ccccc4c4cc(C(C)(C)C)ccc43)cc3c1B2c1ccc(-n2c4ccccc4c4cc(C(C)(C)C)ccc42)cc1N3c1ccc(-c2ccc3c(c2)C(C)(C)CCC3(C)C)cc1. The van der Waals surface area contributed by atoms with E-state index in [1.807, 2.05) is 0 Å². The Morgan fingerprint density at radius 2 is 0.545 bits per heavy atom. The lowest BCUT2D eigenvalue weighted by molar-refractivity contribution is 0.332. The van der Waals surface area contributed by atoms with Crippen molar-refractivity contribution in [2.24, 2.45) is 0 Å². The molecule has 0 bridgehead atoms. The molecule has 3 aromatic heterocycles. The summed E-state index contributed by atoms with van der Waals surface area (Å²) in [7, 11) is 0. The number of nitrogens with zero attached hydrogens (tertiary/aromatic N) is 5. The molecule has 2 aliphatic heterocycles. The summed E-state index contributed by atoms with van der Waals surface area (Å²) in [6.45, 7) is 40.3. The van der Waals surface area contributed by atoms with Gasteiger partial charge in [-0.25, -0.2) is 0 Å². The third-order valence-electron chi connectivity index (χ3n) is 27.0. The normalized spacial score (nSPS) is 16.2. The predicted molar refractivity (Wildman–Crippen MR) is 481 cm³/mol. The molecule has 0 fully saturated rings. The Bertz CT molecular complexity index is 6300. The van der Waals surface area contributed by atoms with Gasteiger partial charge < -0.3 is 23.5 Å². The molecule has 13 aromatic carbocycles. The Hall–Kier alpha value is -11.1. The van der Waals surface area contributed by atoms with E-state index in [4.69, 9.17) is 0 Å². The quantitative estimate of drug-likeness (QED) is 0.148. The van der Waals surface area contributed by atoms with Gasteiger partial charge in [0.25, 0.3) is 6.71 Å². The van der Waals surface area contributed by atoms with Gasteiger partial charge in [0, 0.05) is 77.8 Å². The van der Waals surface area contributed by atoms with Gasteiger partial charge in [-0.1, -0.05) is 263 Å². The molecule has 4 aliphatic rings. The van der Waals surface area contributed by atoms with Gasteiger partial charge in [-0.15, -0.1) is 0 Å². The van der Waals surface area contributed by atoms with Crippen LogP contribution in [0.1, 0.15) is 182 Å². The van der Waals surface area contributed by atoms with Gasteiger partial charge in [0.2, 0.25) is 0 Å². The van der Waals surface area contributed by atoms with Gasteiger partial charge in [-0.05, 0) is 256 Å². The van der Waals surface area contributed by atoms with E-state index >= 15 is 0 Å². The van der Waals surface area contributed by atoms with Gasteiger partial charge in [0.1, 0.15) is 0 Å². The standard InChI is InChI=1S/C106H102BN5/c1-100(2,3)69-36-49-92-80(58-69)77-24-18-21-27-89(77)110(92)74-43-47-87-95(61-74)108(72-39-30-65(31-40-72)67-34-45-83-85(56-67)105(14,15)54-52-103(83,10)11)97-63-76(112-91-29-23-20-26-79(91)82-60-71(102(7,8)9)38-51-94(82)112)64-98-99(97)107(87)88-48-44-75(111-90-28-22-19-25-78(90)81-59-70(101(4,5)6)37-50-93(81)111)62-96(88)109(98)73-41-32-66(33-42-73)68-35-46-84-86(57-68)106(16,17)55-53-104(84,12)13/h18-51,56-64H,52-55H2,1-17H3. The average molecular weight is 1460 g/mol. The average Bonchev–Trinajstić information content (AvgIpc) is 0.932. The number of benzene rings is 13. The third-order valence-corrected chi connectivity index (χ3v) is 27.0. The lowest BCUT2D eigenvalue weighted by Gasteiger charge is -2.44. The first-order valence-electron chi connectivity index (χ1n) is 41.1. The summed E-state index contributed by atoms with van der Waals surface area (Å²) in [5.41, 5.74) is 36.1. The molecule has 5 nitrogen and oxygen atoms in total. The number of hydrogen-bond donors (Lipinski definition) is 0. The fraction of sp³-hybridized carbons (Fsp3) is 0.264. The molecule has 6 heteroatoms. The van der Waals surface area contributed by atoms with Crippen molar-refractivity contribution >= 4 is 123 Å². The van der Waals surface area contributed by atoms with Crippen molar-refractivity contribution in [3.8, 4) is 39.3 Å². The van der Waals surface area contributed by atoms with E-state index in [2.05, 4.69) is 402 Å². The van der Waals surface area contributed by atoms with Crippen molar-refractivity contribution in [1.29, 1.82) is 0 Å². The minimum Gasteiger partial charge on any atom is -0.311 e. The number of aromatic nitrogens is 3. The first-order chi connectivity index (χ1) is 53.4. The zero-order valence-electron chi connectivity index (χ0n) is 68.5. The number of anilines is 6. The fourth-order valence-corrected chi connectivity index (χ4v) is 20.2. The van der Waals surface area contributed by atoms with Crippen LogP contribution >= 0.6 is 0 Å². The van der Waals surface area contributed by atoms with Crippen molar-refractivity contribution in [3.63, 3.8) is 0 Å². The van der Waals surface area contributed by atoms with E-state index in [0.29, 0.717) is 0 Å². The highest BCUT2D eigenvalue weighted by atomic mass is 15.2. The lowest BCUT2D eigenvalue weighted by Crippen LogP contribution is -2.61. The van der Waals surface area contributed by atoms with Crippen LogP contribution in [-0.2, 0) is 37.9 Å². The van der Waals surface area contributed by atoms with Crippen molar-refractivity contribution in [1.82, 2.24) is 13.7 Å². The second-order valence-corrected chi connectivity index (χ2v) is 39.1. The Labute approximate surface area is 662 Å². The topological polar surface area (TPSA) is 21.3 Å². The number of fused-ring (bicyclic) bond motifs is 15. The lowest BCUT2D eigenvalue weighted by atomic mass is 9.33. The molecule has 554 valence electrons. The second-order valence-electron chi connectivity index (χ2n) is 39.1. The van der Waals surface area contributed by atoms with Crippen LogP contribution in [0.3, 0.4) is 0 Å². The molecule has 20 rings (SSSR count). The highest BCUT2D eigenvalue weighted by Gasteiger charge is 2.46. The van der Waals surface area contributed by atoms with Gasteiger partial charge in [0.05, 0.1) is 38.8 Å². The van der Waals surface area contributed by atoms with Gasteiger partial charge in [-0.3, -0.25) is 0 Å². The van der Waals surface area contributed by atoms with Crippen LogP contribution in [0.2, 0.25) is 0 Å². The van der Waals surface area contributed by atoms with Crippen LogP contribution in [0.4, 0.5) is 34.1 Å². The third kappa shape index (κ3) is 10.8. The zero-order chi connectivity index (χ0) is 77.4. The molecule has 2 aliphatic carbocycles. The molecule has 0 N–H and O–H groups in total. The highest BCUT2D eigenvalue weighted by molar-refractivity contribution is 7.00. The largest absolute Gasteiger partial charge is 0.311 e. The second kappa shape index (κ2) is 24.2.